The number of hydrazone groups is 1. The van der Waals surface area contributed by atoms with Gasteiger partial charge >= 0.3 is 0 Å². The molecule has 0 saturated heterocycles. The van der Waals surface area contributed by atoms with Crippen LogP contribution < -0.4 is 19.6 Å². The van der Waals surface area contributed by atoms with Gasteiger partial charge in [0.05, 0.1) is 6.21 Å². The molecule has 0 atom stereocenters. The van der Waals surface area contributed by atoms with E-state index in [0.717, 1.165) is 16.7 Å². The van der Waals surface area contributed by atoms with Crippen LogP contribution in [0, 0.1) is 0 Å². The lowest BCUT2D eigenvalue weighted by molar-refractivity contribution is -0.123. The largest absolute Gasteiger partial charge is 0.485 e. The molecule has 0 spiro atoms. The van der Waals surface area contributed by atoms with Crippen LogP contribution in [-0.4, -0.2) is 18.7 Å². The van der Waals surface area contributed by atoms with E-state index >= 15 is 0 Å². The van der Waals surface area contributed by atoms with Gasteiger partial charge in [-0.2, -0.15) is 5.10 Å². The monoisotopic (exact) mass is 522 g/mol. The van der Waals surface area contributed by atoms with Crippen LogP contribution in [0.3, 0.4) is 0 Å². The van der Waals surface area contributed by atoms with Crippen LogP contribution in [0.15, 0.2) is 108 Å². The zero-order chi connectivity index (χ0) is 27.5. The van der Waals surface area contributed by atoms with Crippen molar-refractivity contribution in [1.29, 1.82) is 0 Å². The molecular weight excluding hydrogens is 488 g/mol. The first-order valence-corrected chi connectivity index (χ1v) is 12.9. The summed E-state index contributed by atoms with van der Waals surface area (Å²) in [5.41, 5.74) is 6.63. The average Bonchev–Trinajstić information content (AvgIpc) is 2.95. The first-order chi connectivity index (χ1) is 18.9. The molecule has 6 nitrogen and oxygen atoms in total. The van der Waals surface area contributed by atoms with Gasteiger partial charge < -0.3 is 14.2 Å². The molecule has 4 aromatic carbocycles. The van der Waals surface area contributed by atoms with Gasteiger partial charge in [-0.1, -0.05) is 93.6 Å². The summed E-state index contributed by atoms with van der Waals surface area (Å²) < 4.78 is 17.7. The van der Waals surface area contributed by atoms with Crippen molar-refractivity contribution in [2.75, 3.05) is 6.61 Å². The second-order valence-electron chi connectivity index (χ2n) is 10.1. The maximum Gasteiger partial charge on any atom is 0.277 e. The van der Waals surface area contributed by atoms with Crippen molar-refractivity contribution in [2.45, 2.75) is 39.4 Å². The van der Waals surface area contributed by atoms with Crippen LogP contribution >= 0.6 is 0 Å². The van der Waals surface area contributed by atoms with Crippen molar-refractivity contribution in [3.05, 3.63) is 125 Å². The molecule has 0 bridgehead atoms. The number of carbonyl (C=O) groups is 1. The Morgan fingerprint density at radius 1 is 0.744 bits per heavy atom. The fraction of sp³-hybridized carbons (Fsp3) is 0.212. The van der Waals surface area contributed by atoms with Gasteiger partial charge in [-0.15, -0.1) is 0 Å². The highest BCUT2D eigenvalue weighted by Gasteiger charge is 2.13. The Bertz CT molecular complexity index is 1360. The van der Waals surface area contributed by atoms with Gasteiger partial charge in [0.2, 0.25) is 0 Å². The maximum atomic E-state index is 12.2. The molecule has 0 aliphatic heterocycles. The number of rotatable bonds is 11. The first kappa shape index (κ1) is 27.5. The zero-order valence-corrected chi connectivity index (χ0v) is 22.6. The molecular formula is C33H34N2O4. The minimum absolute atomic E-state index is 0.0588. The molecule has 0 aliphatic rings. The Morgan fingerprint density at radius 2 is 1.33 bits per heavy atom. The minimum Gasteiger partial charge on any atom is -0.485 e. The van der Waals surface area contributed by atoms with Gasteiger partial charge in [-0.25, -0.2) is 5.43 Å². The summed E-state index contributed by atoms with van der Waals surface area (Å²) in [5.74, 6) is 1.50. The Hall–Kier alpha value is -4.58. The molecule has 0 radical (unpaired) electrons. The third kappa shape index (κ3) is 8.75. The summed E-state index contributed by atoms with van der Waals surface area (Å²) in [6.45, 7) is 7.14. The molecule has 0 aliphatic carbocycles. The number of benzene rings is 4. The highest BCUT2D eigenvalue weighted by molar-refractivity contribution is 5.83. The van der Waals surface area contributed by atoms with Gasteiger partial charge in [-0.3, -0.25) is 4.79 Å². The molecule has 0 fully saturated rings. The van der Waals surface area contributed by atoms with Crippen LogP contribution in [0.4, 0.5) is 0 Å². The molecule has 0 heterocycles. The Morgan fingerprint density at radius 3 is 1.92 bits per heavy atom. The third-order valence-corrected chi connectivity index (χ3v) is 5.94. The SMILES string of the molecule is CC(C)(C)c1ccc(OCC(=O)N/N=C\c2ccc(OCc3ccccc3)c(OCc3ccccc3)c2)cc1. The van der Waals surface area contributed by atoms with Gasteiger partial charge in [-0.05, 0) is 58.0 Å². The molecule has 200 valence electrons. The van der Waals surface area contributed by atoms with E-state index in [9.17, 15) is 4.79 Å². The van der Waals surface area contributed by atoms with E-state index in [0.29, 0.717) is 30.5 Å². The van der Waals surface area contributed by atoms with Crippen molar-refractivity contribution in [3.8, 4) is 17.2 Å². The van der Waals surface area contributed by atoms with Crippen molar-refractivity contribution in [2.24, 2.45) is 5.10 Å². The number of hydrogen-bond acceptors (Lipinski definition) is 5. The van der Waals surface area contributed by atoms with E-state index in [4.69, 9.17) is 14.2 Å². The molecule has 4 rings (SSSR count). The van der Waals surface area contributed by atoms with Gasteiger partial charge in [0, 0.05) is 0 Å². The number of carbonyl (C=O) groups excluding carboxylic acids is 1. The molecule has 0 aromatic heterocycles. The fourth-order valence-electron chi connectivity index (χ4n) is 3.72. The van der Waals surface area contributed by atoms with E-state index in [1.54, 1.807) is 6.21 Å². The van der Waals surface area contributed by atoms with Crippen LogP contribution in [0.5, 0.6) is 17.2 Å². The predicted molar refractivity (Wildman–Crippen MR) is 154 cm³/mol. The van der Waals surface area contributed by atoms with E-state index in [1.165, 1.54) is 5.56 Å². The van der Waals surface area contributed by atoms with Crippen molar-refractivity contribution in [3.63, 3.8) is 0 Å². The molecule has 6 heteroatoms. The van der Waals surface area contributed by atoms with Crippen LogP contribution in [0.1, 0.15) is 43.0 Å². The summed E-state index contributed by atoms with van der Waals surface area (Å²) in [6.07, 6.45) is 1.56. The molecule has 1 N–H and O–H groups in total. The van der Waals surface area contributed by atoms with E-state index < -0.39 is 0 Å². The molecule has 1 amide bonds. The zero-order valence-electron chi connectivity index (χ0n) is 22.6. The normalized spacial score (nSPS) is 11.3. The second-order valence-corrected chi connectivity index (χ2v) is 10.1. The van der Waals surface area contributed by atoms with E-state index in [-0.39, 0.29) is 17.9 Å². The number of amides is 1. The van der Waals surface area contributed by atoms with Crippen LogP contribution in [0.2, 0.25) is 0 Å². The predicted octanol–water partition coefficient (Wildman–Crippen LogP) is 6.67. The lowest BCUT2D eigenvalue weighted by Crippen LogP contribution is -2.24. The molecule has 39 heavy (non-hydrogen) atoms. The number of hydrogen-bond donors (Lipinski definition) is 1. The molecule has 4 aromatic rings. The average molecular weight is 523 g/mol. The van der Waals surface area contributed by atoms with E-state index in [1.807, 2.05) is 103 Å². The van der Waals surface area contributed by atoms with Crippen LogP contribution in [0.25, 0.3) is 0 Å². The van der Waals surface area contributed by atoms with Crippen molar-refractivity contribution < 1.29 is 19.0 Å². The lowest BCUT2D eigenvalue weighted by atomic mass is 9.87. The topological polar surface area (TPSA) is 69.2 Å². The number of nitrogens with one attached hydrogen (secondary N) is 1. The van der Waals surface area contributed by atoms with Crippen molar-refractivity contribution >= 4 is 12.1 Å². The van der Waals surface area contributed by atoms with Gasteiger partial charge in [0.15, 0.2) is 18.1 Å². The fourth-order valence-corrected chi connectivity index (χ4v) is 3.72. The summed E-state index contributed by atoms with van der Waals surface area (Å²) in [7, 11) is 0. The number of nitrogens with zero attached hydrogens (tertiary/aromatic N) is 1. The Kier molecular flexibility index (Phi) is 9.35. The van der Waals surface area contributed by atoms with E-state index in [2.05, 4.69) is 31.3 Å². The summed E-state index contributed by atoms with van der Waals surface area (Å²) in [6, 6.07) is 33.2. The number of ether oxygens (including phenoxy) is 3. The van der Waals surface area contributed by atoms with Crippen LogP contribution in [-0.2, 0) is 23.4 Å². The highest BCUT2D eigenvalue weighted by atomic mass is 16.5. The van der Waals surface area contributed by atoms with Gasteiger partial charge in [0.25, 0.3) is 5.91 Å². The molecule has 0 saturated carbocycles. The Balaban J connectivity index is 1.35. The van der Waals surface area contributed by atoms with Gasteiger partial charge in [0.1, 0.15) is 19.0 Å². The maximum absolute atomic E-state index is 12.2. The first-order valence-electron chi connectivity index (χ1n) is 12.9. The quantitative estimate of drug-likeness (QED) is 0.176. The summed E-state index contributed by atoms with van der Waals surface area (Å²) >= 11 is 0. The smallest absolute Gasteiger partial charge is 0.277 e. The lowest BCUT2D eigenvalue weighted by Gasteiger charge is -2.19. The molecule has 0 unspecified atom stereocenters. The Labute approximate surface area is 230 Å². The second kappa shape index (κ2) is 13.3. The standard InChI is InChI=1S/C33H34N2O4/c1-33(2,3)28-15-17-29(18-16-28)37-24-32(36)35-34-21-27-14-19-30(38-22-25-10-6-4-7-11-25)31(20-27)39-23-26-12-8-5-9-13-26/h4-21H,22-24H2,1-3H3,(H,35,36)/b34-21-. The minimum atomic E-state index is -0.352. The third-order valence-electron chi connectivity index (χ3n) is 5.94. The summed E-state index contributed by atoms with van der Waals surface area (Å²) in [5, 5.41) is 4.08. The van der Waals surface area contributed by atoms with Crippen molar-refractivity contribution in [1.82, 2.24) is 5.43 Å². The summed E-state index contributed by atoms with van der Waals surface area (Å²) in [4.78, 5) is 12.2. The highest BCUT2D eigenvalue weighted by Crippen LogP contribution is 2.30.